The third-order valence-electron chi connectivity index (χ3n) is 3.72. The fourth-order valence-electron chi connectivity index (χ4n) is 2.46. The van der Waals surface area contributed by atoms with E-state index >= 15 is 0 Å². The molecule has 0 bridgehead atoms. The van der Waals surface area contributed by atoms with Crippen molar-refractivity contribution < 1.29 is 15.0 Å². The minimum Gasteiger partial charge on any atom is -0.506 e. The standard InChI is InChI=1S/C13H15Cl2NO3/c1-13(12(18)19)3-2-4-16(13)7-8-5-9(14)6-10(15)11(8)17/h5-6,17H,2-4,7H2,1H3,(H,18,19). The van der Waals surface area contributed by atoms with Crippen molar-refractivity contribution in [1.29, 1.82) is 0 Å². The van der Waals surface area contributed by atoms with Crippen LogP contribution in [0.2, 0.25) is 10.0 Å². The van der Waals surface area contributed by atoms with E-state index in [9.17, 15) is 15.0 Å². The largest absolute Gasteiger partial charge is 0.506 e. The number of carboxylic acids is 1. The van der Waals surface area contributed by atoms with Gasteiger partial charge in [0.1, 0.15) is 11.3 Å². The number of aliphatic carboxylic acids is 1. The Labute approximate surface area is 121 Å². The van der Waals surface area contributed by atoms with Crippen LogP contribution in [0.1, 0.15) is 25.3 Å². The lowest BCUT2D eigenvalue weighted by Gasteiger charge is -2.31. The molecule has 1 atom stereocenters. The van der Waals surface area contributed by atoms with E-state index in [0.717, 1.165) is 6.42 Å². The molecular formula is C13H15Cl2NO3. The second kappa shape index (κ2) is 5.19. The van der Waals surface area contributed by atoms with Crippen LogP contribution in [0, 0.1) is 0 Å². The molecule has 1 saturated heterocycles. The van der Waals surface area contributed by atoms with Gasteiger partial charge in [-0.1, -0.05) is 23.2 Å². The van der Waals surface area contributed by atoms with Gasteiger partial charge in [0.2, 0.25) is 0 Å². The molecule has 2 rings (SSSR count). The molecule has 0 radical (unpaired) electrons. The number of hydrogen-bond acceptors (Lipinski definition) is 3. The van der Waals surface area contributed by atoms with Crippen molar-refractivity contribution >= 4 is 29.2 Å². The van der Waals surface area contributed by atoms with Gasteiger partial charge in [-0.3, -0.25) is 9.69 Å². The summed E-state index contributed by atoms with van der Waals surface area (Å²) in [6.07, 6.45) is 1.41. The summed E-state index contributed by atoms with van der Waals surface area (Å²) in [5.74, 6) is -0.886. The van der Waals surface area contributed by atoms with Crippen molar-refractivity contribution in [2.45, 2.75) is 31.8 Å². The highest BCUT2D eigenvalue weighted by atomic mass is 35.5. The summed E-state index contributed by atoms with van der Waals surface area (Å²) >= 11 is 11.8. The SMILES string of the molecule is CC1(C(=O)O)CCCN1Cc1cc(Cl)cc(Cl)c1O. The number of phenols is 1. The number of halogens is 2. The zero-order chi connectivity index (χ0) is 14.2. The molecule has 1 heterocycles. The fourth-order valence-corrected chi connectivity index (χ4v) is 3.00. The molecule has 19 heavy (non-hydrogen) atoms. The lowest BCUT2D eigenvalue weighted by atomic mass is 9.98. The van der Waals surface area contributed by atoms with E-state index in [4.69, 9.17) is 23.2 Å². The summed E-state index contributed by atoms with van der Waals surface area (Å²) < 4.78 is 0. The van der Waals surface area contributed by atoms with E-state index < -0.39 is 11.5 Å². The van der Waals surface area contributed by atoms with Gasteiger partial charge in [-0.15, -0.1) is 0 Å². The van der Waals surface area contributed by atoms with Gasteiger partial charge < -0.3 is 10.2 Å². The first-order valence-electron chi connectivity index (χ1n) is 6.00. The molecule has 1 aromatic rings. The average molecular weight is 304 g/mol. The van der Waals surface area contributed by atoms with Gasteiger partial charge in [0.05, 0.1) is 5.02 Å². The maximum absolute atomic E-state index is 11.4. The second-order valence-corrected chi connectivity index (χ2v) is 5.84. The van der Waals surface area contributed by atoms with Crippen molar-refractivity contribution in [3.63, 3.8) is 0 Å². The van der Waals surface area contributed by atoms with Crippen LogP contribution in [0.15, 0.2) is 12.1 Å². The van der Waals surface area contributed by atoms with E-state index in [1.165, 1.54) is 6.07 Å². The molecule has 0 aliphatic carbocycles. The van der Waals surface area contributed by atoms with Crippen LogP contribution in [0.25, 0.3) is 0 Å². The van der Waals surface area contributed by atoms with Crippen LogP contribution in [0.5, 0.6) is 5.75 Å². The van der Waals surface area contributed by atoms with Crippen LogP contribution in [0.3, 0.4) is 0 Å². The van der Waals surface area contributed by atoms with Gasteiger partial charge in [-0.25, -0.2) is 0 Å². The van der Waals surface area contributed by atoms with Crippen LogP contribution >= 0.6 is 23.2 Å². The predicted octanol–water partition coefficient (Wildman–Crippen LogP) is 3.14. The molecule has 1 aliphatic rings. The molecule has 0 amide bonds. The van der Waals surface area contributed by atoms with E-state index in [1.54, 1.807) is 13.0 Å². The molecule has 1 unspecified atom stereocenters. The first-order valence-corrected chi connectivity index (χ1v) is 6.75. The van der Waals surface area contributed by atoms with Crippen LogP contribution in [-0.2, 0) is 11.3 Å². The molecule has 2 N–H and O–H groups in total. The Hall–Kier alpha value is -0.970. The number of phenolic OH excluding ortho intramolecular Hbond substituents is 1. The van der Waals surface area contributed by atoms with Crippen molar-refractivity contribution in [2.24, 2.45) is 0 Å². The molecule has 6 heteroatoms. The molecule has 1 aromatic carbocycles. The minimum atomic E-state index is -0.902. The van der Waals surface area contributed by atoms with Gasteiger partial charge in [0.15, 0.2) is 0 Å². The first kappa shape index (κ1) is 14.4. The number of hydrogen-bond donors (Lipinski definition) is 2. The van der Waals surface area contributed by atoms with Gasteiger partial charge in [-0.2, -0.15) is 0 Å². The van der Waals surface area contributed by atoms with Crippen LogP contribution < -0.4 is 0 Å². The smallest absolute Gasteiger partial charge is 0.323 e. The molecule has 0 aromatic heterocycles. The molecule has 0 saturated carbocycles. The molecular weight excluding hydrogens is 289 g/mol. The molecule has 0 spiro atoms. The summed E-state index contributed by atoms with van der Waals surface area (Å²) in [5, 5.41) is 19.9. The Morgan fingerprint density at radius 2 is 2.16 bits per heavy atom. The zero-order valence-corrected chi connectivity index (χ0v) is 12.0. The average Bonchev–Trinajstić information content (AvgIpc) is 2.69. The third-order valence-corrected chi connectivity index (χ3v) is 4.22. The van der Waals surface area contributed by atoms with Crippen LogP contribution in [0.4, 0.5) is 0 Å². The monoisotopic (exact) mass is 303 g/mol. The van der Waals surface area contributed by atoms with E-state index in [1.807, 2.05) is 4.90 Å². The second-order valence-electron chi connectivity index (χ2n) is 5.00. The highest BCUT2D eigenvalue weighted by Crippen LogP contribution is 2.36. The predicted molar refractivity (Wildman–Crippen MR) is 73.8 cm³/mol. The summed E-state index contributed by atoms with van der Waals surface area (Å²) in [5.41, 5.74) is -0.354. The maximum atomic E-state index is 11.4. The number of carbonyl (C=O) groups is 1. The van der Waals surface area contributed by atoms with Crippen molar-refractivity contribution in [3.8, 4) is 5.75 Å². The van der Waals surface area contributed by atoms with E-state index in [-0.39, 0.29) is 10.8 Å². The van der Waals surface area contributed by atoms with Gasteiger partial charge in [0, 0.05) is 17.1 Å². The summed E-state index contributed by atoms with van der Waals surface area (Å²) in [7, 11) is 0. The summed E-state index contributed by atoms with van der Waals surface area (Å²) in [6.45, 7) is 2.69. The van der Waals surface area contributed by atoms with E-state index in [2.05, 4.69) is 0 Å². The van der Waals surface area contributed by atoms with Gasteiger partial charge in [-0.05, 0) is 38.4 Å². The molecule has 4 nitrogen and oxygen atoms in total. The number of nitrogens with zero attached hydrogens (tertiary/aromatic N) is 1. The van der Waals surface area contributed by atoms with Gasteiger partial charge >= 0.3 is 5.97 Å². The van der Waals surface area contributed by atoms with Gasteiger partial charge in [0.25, 0.3) is 0 Å². The molecule has 1 fully saturated rings. The number of likely N-dealkylation sites (tertiary alicyclic amines) is 1. The third kappa shape index (κ3) is 2.66. The number of benzene rings is 1. The van der Waals surface area contributed by atoms with Crippen molar-refractivity contribution in [2.75, 3.05) is 6.54 Å². The van der Waals surface area contributed by atoms with E-state index in [0.29, 0.717) is 30.1 Å². The topological polar surface area (TPSA) is 60.8 Å². The fraction of sp³-hybridized carbons (Fsp3) is 0.462. The first-order chi connectivity index (χ1) is 8.84. The highest BCUT2D eigenvalue weighted by Gasteiger charge is 2.43. The summed E-state index contributed by atoms with van der Waals surface area (Å²) in [4.78, 5) is 13.2. The highest BCUT2D eigenvalue weighted by molar-refractivity contribution is 6.35. The lowest BCUT2D eigenvalue weighted by molar-refractivity contribution is -0.148. The van der Waals surface area contributed by atoms with Crippen molar-refractivity contribution in [3.05, 3.63) is 27.7 Å². The number of aromatic hydroxyl groups is 1. The normalized spacial score (nSPS) is 23.7. The zero-order valence-electron chi connectivity index (χ0n) is 10.5. The number of carboxylic acid groups (broad SMARTS) is 1. The lowest BCUT2D eigenvalue weighted by Crippen LogP contribution is -2.47. The Balaban J connectivity index is 2.29. The quantitative estimate of drug-likeness (QED) is 0.900. The molecule has 1 aliphatic heterocycles. The Morgan fingerprint density at radius 3 is 2.79 bits per heavy atom. The maximum Gasteiger partial charge on any atom is 0.323 e. The Kier molecular flexibility index (Phi) is 3.95. The Morgan fingerprint density at radius 1 is 1.47 bits per heavy atom. The summed E-state index contributed by atoms with van der Waals surface area (Å²) in [6, 6.07) is 3.08. The van der Waals surface area contributed by atoms with Crippen molar-refractivity contribution in [1.82, 2.24) is 4.90 Å². The van der Waals surface area contributed by atoms with Crippen LogP contribution in [-0.4, -0.2) is 33.2 Å². The number of rotatable bonds is 3. The Bertz CT molecular complexity index is 521. The minimum absolute atomic E-state index is 0.0364. The molecule has 104 valence electrons.